The zero-order valence-corrected chi connectivity index (χ0v) is 47.4. The lowest BCUT2D eigenvalue weighted by Gasteiger charge is -2.26. The van der Waals surface area contributed by atoms with Gasteiger partial charge in [0.2, 0.25) is 11.4 Å². The van der Waals surface area contributed by atoms with Crippen molar-refractivity contribution in [3.8, 4) is 0 Å². The Bertz CT molecular complexity index is 3600. The van der Waals surface area contributed by atoms with Crippen LogP contribution in [0, 0.1) is 0 Å². The third-order valence-corrected chi connectivity index (χ3v) is 15.1. The second kappa shape index (κ2) is 25.7. The third-order valence-electron chi connectivity index (χ3n) is 15.1. The van der Waals surface area contributed by atoms with E-state index in [1.165, 1.54) is 0 Å². The summed E-state index contributed by atoms with van der Waals surface area (Å²) in [6, 6.07) is 128. The van der Waals surface area contributed by atoms with Crippen LogP contribution in [0.3, 0.4) is 0 Å². The Morgan fingerprint density at radius 1 is 0.221 bits per heavy atom. The predicted octanol–water partition coefficient (Wildman–Crippen LogP) is 21.7. The van der Waals surface area contributed by atoms with Gasteiger partial charge in [-0.15, -0.1) is 0 Å². The predicted molar refractivity (Wildman–Crippen MR) is 363 cm³/mol. The molecule has 0 saturated carbocycles. The summed E-state index contributed by atoms with van der Waals surface area (Å²) in [5.41, 5.74) is 19.6. The van der Waals surface area contributed by atoms with Crippen molar-refractivity contribution in [2.24, 2.45) is 4.99 Å². The Kier molecular flexibility index (Phi) is 16.0. The molecule has 0 aliphatic heterocycles. The second-order valence-corrected chi connectivity index (χ2v) is 20.7. The van der Waals surface area contributed by atoms with Gasteiger partial charge in [0, 0.05) is 109 Å². The monoisotopic (exact) mass is 1110 g/mol. The van der Waals surface area contributed by atoms with Crippen molar-refractivity contribution in [1.29, 1.82) is 0 Å². The maximum absolute atomic E-state index is 5.52. The van der Waals surface area contributed by atoms with Crippen LogP contribution in [0.25, 0.3) is 0 Å². The summed E-state index contributed by atoms with van der Waals surface area (Å²) in [4.78, 5) is 14.7. The smallest absolute Gasteiger partial charge is 0.211 e. The van der Waals surface area contributed by atoms with Gasteiger partial charge in [-0.3, -0.25) is 0 Å². The Balaban J connectivity index is 0.889. The number of hydrogen-bond acceptors (Lipinski definition) is 5. The van der Waals surface area contributed by atoms with Crippen LogP contribution in [0.2, 0.25) is 0 Å². The van der Waals surface area contributed by atoms with Crippen LogP contribution in [0.5, 0.6) is 0 Å². The van der Waals surface area contributed by atoms with Gasteiger partial charge < -0.3 is 19.6 Å². The van der Waals surface area contributed by atoms with Crippen molar-refractivity contribution in [2.45, 2.75) is 0 Å². The van der Waals surface area contributed by atoms with Crippen molar-refractivity contribution in [2.75, 3.05) is 19.6 Å². The first-order valence-corrected chi connectivity index (χ1v) is 29.0. The molecule has 0 N–H and O–H groups in total. The Labute approximate surface area is 504 Å². The molecule has 13 aromatic carbocycles. The average molecular weight is 1110 g/mol. The summed E-state index contributed by atoms with van der Waals surface area (Å²) in [5.74, 6) is 0. The summed E-state index contributed by atoms with van der Waals surface area (Å²) in [7, 11) is 0. The normalized spacial score (nSPS) is 10.8. The highest BCUT2D eigenvalue weighted by atomic mass is 15.2. The molecule has 0 atom stereocenters. The molecule has 0 saturated heterocycles. The molecule has 0 heterocycles. The minimum atomic E-state index is 0.833. The summed E-state index contributed by atoms with van der Waals surface area (Å²) >= 11 is 0. The van der Waals surface area contributed by atoms with Gasteiger partial charge in [-0.25, -0.2) is 4.99 Å². The lowest BCUT2D eigenvalue weighted by atomic mass is 10.0. The molecule has 0 aliphatic carbocycles. The Hall–Kier alpha value is -11.6. The number of hydrogen-bond donors (Lipinski definition) is 0. The van der Waals surface area contributed by atoms with Crippen molar-refractivity contribution in [3.63, 3.8) is 0 Å². The molecule has 13 aromatic rings. The maximum Gasteiger partial charge on any atom is 0.211 e. The van der Waals surface area contributed by atoms with Gasteiger partial charge in [0.05, 0.1) is 11.4 Å². The maximum atomic E-state index is 5.52. The average Bonchev–Trinajstić information content (AvgIpc) is 2.49. The van der Waals surface area contributed by atoms with Gasteiger partial charge in [0.25, 0.3) is 0 Å². The quantitative estimate of drug-likeness (QED) is 0.0632. The van der Waals surface area contributed by atoms with Gasteiger partial charge in [0.15, 0.2) is 6.21 Å². The molecule has 6 nitrogen and oxygen atoms in total. The van der Waals surface area contributed by atoms with Crippen LogP contribution in [-0.4, -0.2) is 11.9 Å². The molecule has 6 heteroatoms. The molecule has 86 heavy (non-hydrogen) atoms. The summed E-state index contributed by atoms with van der Waals surface area (Å²) in [5, 5.41) is 0. The van der Waals surface area contributed by atoms with E-state index in [2.05, 4.69) is 394 Å². The van der Waals surface area contributed by atoms with Crippen LogP contribution >= 0.6 is 0 Å². The van der Waals surface area contributed by atoms with Gasteiger partial charge in [-0.05, 0) is 170 Å². The molecule has 0 aliphatic rings. The first-order chi connectivity index (χ1) is 42.7. The van der Waals surface area contributed by atoms with Gasteiger partial charge in [0.1, 0.15) is 0 Å². The second-order valence-electron chi connectivity index (χ2n) is 20.7. The molecule has 13 rings (SSSR count). The van der Waals surface area contributed by atoms with E-state index in [0.717, 1.165) is 108 Å². The molecule has 0 unspecified atom stereocenters. The highest BCUT2D eigenvalue weighted by molar-refractivity contribution is 6.14. The first-order valence-electron chi connectivity index (χ1n) is 29.0. The minimum absolute atomic E-state index is 0.833. The topological polar surface area (TPSA) is 28.3 Å². The van der Waals surface area contributed by atoms with Crippen molar-refractivity contribution < 1.29 is 0 Å². The molecule has 0 bridgehead atoms. The molecule has 0 aromatic heterocycles. The van der Waals surface area contributed by atoms with Crippen LogP contribution in [0.4, 0.5) is 85.3 Å². The minimum Gasteiger partial charge on any atom is -0.311 e. The van der Waals surface area contributed by atoms with E-state index in [4.69, 9.17) is 4.99 Å². The number of nitrogens with zero attached hydrogens (tertiary/aromatic N) is 6. The van der Waals surface area contributed by atoms with Crippen molar-refractivity contribution >= 4 is 97.2 Å². The highest BCUT2D eigenvalue weighted by Crippen LogP contribution is 2.40. The number of para-hydroxylation sites is 8. The van der Waals surface area contributed by atoms with Gasteiger partial charge >= 0.3 is 0 Å². The van der Waals surface area contributed by atoms with Crippen LogP contribution in [0.15, 0.2) is 369 Å². The summed E-state index contributed by atoms with van der Waals surface area (Å²) < 4.78 is 2.27. The first kappa shape index (κ1) is 53.7. The fraction of sp³-hybridized carbons (Fsp3) is 0. The van der Waals surface area contributed by atoms with E-state index in [-0.39, 0.29) is 0 Å². The van der Waals surface area contributed by atoms with Crippen LogP contribution < -0.4 is 24.2 Å². The van der Waals surface area contributed by atoms with E-state index in [1.54, 1.807) is 0 Å². The molecule has 410 valence electrons. The van der Waals surface area contributed by atoms with E-state index >= 15 is 0 Å². The van der Waals surface area contributed by atoms with Gasteiger partial charge in [-0.1, -0.05) is 170 Å². The van der Waals surface area contributed by atoms with Crippen LogP contribution in [0.1, 0.15) is 16.7 Å². The van der Waals surface area contributed by atoms with E-state index in [0.29, 0.717) is 0 Å². The van der Waals surface area contributed by atoms with E-state index < -0.39 is 0 Å². The number of benzene rings is 13. The third kappa shape index (κ3) is 12.1. The van der Waals surface area contributed by atoms with Crippen molar-refractivity contribution in [3.05, 3.63) is 381 Å². The number of aliphatic imine (C=N–C) groups is 1. The molecule has 0 fully saturated rings. The van der Waals surface area contributed by atoms with Crippen molar-refractivity contribution in [1.82, 2.24) is 4.58 Å². The molecular weight excluding hydrogens is 1040 g/mol. The lowest BCUT2D eigenvalue weighted by Crippen LogP contribution is -2.11. The van der Waals surface area contributed by atoms with E-state index in [1.807, 2.05) is 0 Å². The highest BCUT2D eigenvalue weighted by Gasteiger charge is 2.21. The zero-order chi connectivity index (χ0) is 57.7. The number of anilines is 12. The molecule has 0 spiro atoms. The fourth-order valence-electron chi connectivity index (χ4n) is 11.0. The molecule has 0 radical (unpaired) electrons. The summed E-state index contributed by atoms with van der Waals surface area (Å²) in [6.07, 6.45) is 2.21. The van der Waals surface area contributed by atoms with Gasteiger partial charge in [-0.2, -0.15) is 4.58 Å². The van der Waals surface area contributed by atoms with E-state index in [9.17, 15) is 0 Å². The fourth-order valence-corrected chi connectivity index (χ4v) is 11.0. The molecule has 0 amide bonds. The summed E-state index contributed by atoms with van der Waals surface area (Å²) in [6.45, 7) is 0. The standard InChI is InChI=1S/C80H61N6/c1-9-25-68(26-10-1)83(69-27-11-2-12-28-69)76-49-43-63(44-50-76)80(64-45-51-77(52-46-64)84(70-29-13-3-14-30-70)71-31-15-4-16-32-71)81-65-47-41-62(42-48-65)61-82(66-53-57-78(58-54-66)85(72-33-17-5-18-34-72)73-35-19-6-20-36-73)67-55-59-79(60-56-67)86(74-37-21-7-22-38-74)75-39-23-8-24-40-75/h1-61H/q+1. The lowest BCUT2D eigenvalue weighted by molar-refractivity contribution is 1.09. The Morgan fingerprint density at radius 3 is 0.663 bits per heavy atom. The zero-order valence-electron chi connectivity index (χ0n) is 47.4. The largest absolute Gasteiger partial charge is 0.311 e. The Morgan fingerprint density at radius 2 is 0.430 bits per heavy atom. The molecular formula is C80H61N6+. The number of rotatable bonds is 18. The SMILES string of the molecule is C(c1ccc(N=C(c2ccc(N(c3ccccc3)c3ccccc3)cc2)c2ccc(N(c3ccccc3)c3ccccc3)cc2)cc1)=[N+](c1ccc(N(c2ccccc2)c2ccccc2)cc1)c1ccc(N(c2ccccc2)c2ccccc2)cc1. The van der Waals surface area contributed by atoms with Crippen LogP contribution in [-0.2, 0) is 0 Å².